The van der Waals surface area contributed by atoms with E-state index in [0.717, 1.165) is 44.2 Å². The number of hydrogen-bond donors (Lipinski definition) is 0. The smallest absolute Gasteiger partial charge is 0.318 e. The fourth-order valence-electron chi connectivity index (χ4n) is 4.37. The first kappa shape index (κ1) is 22.0. The molecule has 0 fully saturated rings. The number of hydrogen-bond acceptors (Lipinski definition) is 5. The molecular formula is C28H21N3O4. The Kier molecular flexibility index (Phi) is 5.58. The molecule has 1 aromatic heterocycles. The minimum atomic E-state index is -0.493. The molecule has 0 saturated heterocycles. The number of aryl methyl sites for hydroxylation is 1. The molecule has 1 heterocycles. The van der Waals surface area contributed by atoms with E-state index in [0.29, 0.717) is 5.71 Å². The molecule has 5 aromatic rings. The first-order valence-corrected chi connectivity index (χ1v) is 11.0. The van der Waals surface area contributed by atoms with E-state index in [1.807, 2.05) is 79.7 Å². The number of nitrogens with zero attached hydrogens (tertiary/aromatic N) is 3. The molecule has 0 bridgehead atoms. The number of nitro benzene ring substituents is 1. The second kappa shape index (κ2) is 8.87. The fraction of sp³-hybridized carbons (Fsp3) is 0.0714. The normalized spacial score (nSPS) is 11.7. The quantitative estimate of drug-likeness (QED) is 0.132. The number of non-ortho nitro benzene ring substituents is 1. The summed E-state index contributed by atoms with van der Waals surface area (Å²) < 4.78 is 2.09. The van der Waals surface area contributed by atoms with Crippen molar-refractivity contribution in [3.8, 4) is 5.69 Å². The third-order valence-corrected chi connectivity index (χ3v) is 5.90. The summed E-state index contributed by atoms with van der Waals surface area (Å²) in [4.78, 5) is 27.4. The first-order chi connectivity index (χ1) is 16.9. The largest absolute Gasteiger partial charge is 0.332 e. The van der Waals surface area contributed by atoms with Gasteiger partial charge in [0, 0.05) is 46.6 Å². The van der Waals surface area contributed by atoms with Gasteiger partial charge in [-0.25, -0.2) is 4.79 Å². The Morgan fingerprint density at radius 2 is 1.60 bits per heavy atom. The minimum absolute atomic E-state index is 0.0566. The van der Waals surface area contributed by atoms with Crippen molar-refractivity contribution in [3.63, 3.8) is 0 Å². The molecule has 0 aliphatic carbocycles. The lowest BCUT2D eigenvalue weighted by Gasteiger charge is -2.13. The van der Waals surface area contributed by atoms with Crippen LogP contribution < -0.4 is 0 Å². The van der Waals surface area contributed by atoms with Gasteiger partial charge in [-0.05, 0) is 36.8 Å². The van der Waals surface area contributed by atoms with Crippen LogP contribution in [-0.2, 0) is 9.63 Å². The maximum Gasteiger partial charge on any atom is 0.332 e. The van der Waals surface area contributed by atoms with E-state index in [2.05, 4.69) is 9.72 Å². The number of fused-ring (bicyclic) bond motifs is 3. The molecule has 35 heavy (non-hydrogen) atoms. The van der Waals surface area contributed by atoms with Crippen LogP contribution >= 0.6 is 0 Å². The zero-order valence-corrected chi connectivity index (χ0v) is 19.1. The number of oxime groups is 1. The van der Waals surface area contributed by atoms with Gasteiger partial charge in [-0.15, -0.1) is 0 Å². The van der Waals surface area contributed by atoms with Crippen molar-refractivity contribution in [2.75, 3.05) is 0 Å². The summed E-state index contributed by atoms with van der Waals surface area (Å²) in [5, 5.41) is 17.3. The van der Waals surface area contributed by atoms with Crippen molar-refractivity contribution in [2.24, 2.45) is 5.16 Å². The van der Waals surface area contributed by atoms with E-state index < -0.39 is 5.97 Å². The van der Waals surface area contributed by atoms with Gasteiger partial charge in [-0.2, -0.15) is 0 Å². The van der Waals surface area contributed by atoms with Crippen molar-refractivity contribution in [1.29, 1.82) is 0 Å². The molecule has 0 N–H and O–H groups in total. The van der Waals surface area contributed by atoms with E-state index in [-0.39, 0.29) is 10.6 Å². The molecule has 4 aromatic carbocycles. The number of para-hydroxylation sites is 1. The third-order valence-electron chi connectivity index (χ3n) is 5.90. The molecule has 7 nitrogen and oxygen atoms in total. The number of carbonyl (C=O) groups excluding carboxylic acids is 1. The average Bonchev–Trinajstić information content (AvgIpc) is 3.19. The van der Waals surface area contributed by atoms with Gasteiger partial charge < -0.3 is 9.40 Å². The zero-order chi connectivity index (χ0) is 24.5. The number of nitro groups is 1. The molecule has 0 spiro atoms. The Morgan fingerprint density at radius 3 is 2.31 bits per heavy atom. The molecule has 7 heteroatoms. The molecule has 0 radical (unpaired) electrons. The summed E-state index contributed by atoms with van der Waals surface area (Å²) in [7, 11) is 0. The van der Waals surface area contributed by atoms with Crippen LogP contribution in [0.2, 0.25) is 0 Å². The summed E-state index contributed by atoms with van der Waals surface area (Å²) >= 11 is 0. The fourth-order valence-corrected chi connectivity index (χ4v) is 4.37. The van der Waals surface area contributed by atoms with Crippen molar-refractivity contribution >= 4 is 39.2 Å². The van der Waals surface area contributed by atoms with Crippen molar-refractivity contribution in [1.82, 2.24) is 4.57 Å². The van der Waals surface area contributed by atoms with E-state index >= 15 is 0 Å². The zero-order valence-electron chi connectivity index (χ0n) is 19.1. The average molecular weight is 463 g/mol. The number of carbonyl (C=O) groups is 1. The van der Waals surface area contributed by atoms with Crippen LogP contribution in [0, 0.1) is 17.0 Å². The summed E-state index contributed by atoms with van der Waals surface area (Å²) in [6.45, 7) is 3.29. The van der Waals surface area contributed by atoms with Crippen LogP contribution in [0.4, 0.5) is 5.69 Å². The summed E-state index contributed by atoms with van der Waals surface area (Å²) in [6, 6.07) is 28.3. The molecule has 0 amide bonds. The topological polar surface area (TPSA) is 86.7 Å². The standard InChI is InChI=1S/C28H21N3O4/c1-18-16-21(12-14-23(18)28(29-35-19(2)32)20-8-4-3-5-9-20)30-26-11-7-6-10-24(26)25-17-22(31(33)34)13-15-27(25)30/h3-17H,1-2H3/b29-28-. The maximum absolute atomic E-state index is 11.4. The van der Waals surface area contributed by atoms with E-state index in [9.17, 15) is 14.9 Å². The van der Waals surface area contributed by atoms with Crippen molar-refractivity contribution < 1.29 is 14.6 Å². The van der Waals surface area contributed by atoms with Gasteiger partial charge in [-0.3, -0.25) is 10.1 Å². The molecule has 172 valence electrons. The summed E-state index contributed by atoms with van der Waals surface area (Å²) in [5.74, 6) is -0.493. The number of rotatable bonds is 5. The van der Waals surface area contributed by atoms with Crippen molar-refractivity contribution in [3.05, 3.63) is 118 Å². The molecule has 0 unspecified atom stereocenters. The van der Waals surface area contributed by atoms with Gasteiger partial charge in [0.05, 0.1) is 16.0 Å². The van der Waals surface area contributed by atoms with Gasteiger partial charge in [-0.1, -0.05) is 59.8 Å². The molecule has 0 saturated carbocycles. The SMILES string of the molecule is CC(=O)O/N=C(/c1ccccc1)c1ccc(-n2c3ccccc3c3cc([N+](=O)[O-])ccc32)cc1C. The van der Waals surface area contributed by atoms with Gasteiger partial charge in [0.15, 0.2) is 0 Å². The summed E-state index contributed by atoms with van der Waals surface area (Å²) in [6.07, 6.45) is 0. The first-order valence-electron chi connectivity index (χ1n) is 11.0. The van der Waals surface area contributed by atoms with Crippen LogP contribution in [-0.4, -0.2) is 21.2 Å². The van der Waals surface area contributed by atoms with Crippen LogP contribution in [0.5, 0.6) is 0 Å². The molecule has 0 atom stereocenters. The second-order valence-corrected chi connectivity index (χ2v) is 8.20. The van der Waals surface area contributed by atoms with Crippen LogP contribution in [0.15, 0.2) is 96.2 Å². The van der Waals surface area contributed by atoms with Gasteiger partial charge in [0.2, 0.25) is 0 Å². The van der Waals surface area contributed by atoms with Gasteiger partial charge >= 0.3 is 5.97 Å². The third kappa shape index (κ3) is 4.04. The van der Waals surface area contributed by atoms with Crippen LogP contribution in [0.1, 0.15) is 23.6 Å². The van der Waals surface area contributed by atoms with Crippen LogP contribution in [0.3, 0.4) is 0 Å². The van der Waals surface area contributed by atoms with E-state index in [1.165, 1.54) is 13.0 Å². The lowest BCUT2D eigenvalue weighted by Crippen LogP contribution is -2.08. The second-order valence-electron chi connectivity index (χ2n) is 8.20. The Labute approximate surface area is 201 Å². The predicted octanol–water partition coefficient (Wildman–Crippen LogP) is 6.32. The number of benzene rings is 4. The van der Waals surface area contributed by atoms with Gasteiger partial charge in [0.25, 0.3) is 5.69 Å². The Hall–Kier alpha value is -4.78. The predicted molar refractivity (Wildman–Crippen MR) is 136 cm³/mol. The van der Waals surface area contributed by atoms with Crippen molar-refractivity contribution in [2.45, 2.75) is 13.8 Å². The molecule has 0 aliphatic rings. The maximum atomic E-state index is 11.4. The molecule has 5 rings (SSSR count). The monoisotopic (exact) mass is 463 g/mol. The van der Waals surface area contributed by atoms with E-state index in [1.54, 1.807) is 12.1 Å². The summed E-state index contributed by atoms with van der Waals surface area (Å²) in [5.41, 5.74) is 5.94. The molecular weight excluding hydrogens is 442 g/mol. The van der Waals surface area contributed by atoms with Crippen LogP contribution in [0.25, 0.3) is 27.5 Å². The highest BCUT2D eigenvalue weighted by Gasteiger charge is 2.17. The lowest BCUT2D eigenvalue weighted by molar-refractivity contribution is -0.384. The van der Waals surface area contributed by atoms with E-state index in [4.69, 9.17) is 4.84 Å². The molecule has 0 aliphatic heterocycles. The highest BCUT2D eigenvalue weighted by Crippen LogP contribution is 2.34. The highest BCUT2D eigenvalue weighted by atomic mass is 16.7. The number of aromatic nitrogens is 1. The Bertz CT molecular complexity index is 1630. The minimum Gasteiger partial charge on any atom is -0.318 e. The Balaban J connectivity index is 1.69. The van der Waals surface area contributed by atoms with Gasteiger partial charge in [0.1, 0.15) is 5.71 Å². The lowest BCUT2D eigenvalue weighted by atomic mass is 9.98. The Morgan fingerprint density at radius 1 is 0.886 bits per heavy atom. The highest BCUT2D eigenvalue weighted by molar-refractivity contribution is 6.14.